The maximum Gasteiger partial charge on any atom is 0.325 e. The fourth-order valence-corrected chi connectivity index (χ4v) is 3.71. The topological polar surface area (TPSA) is 111 Å². The van der Waals surface area contributed by atoms with Gasteiger partial charge in [0.1, 0.15) is 23.2 Å². The summed E-state index contributed by atoms with van der Waals surface area (Å²) >= 11 is 0. The molecule has 0 saturated heterocycles. The lowest BCUT2D eigenvalue weighted by atomic mass is 9.99. The van der Waals surface area contributed by atoms with Gasteiger partial charge in [-0.25, -0.2) is 0 Å². The fourth-order valence-electron chi connectivity index (χ4n) is 3.71. The smallest absolute Gasteiger partial charge is 0.325 e. The summed E-state index contributed by atoms with van der Waals surface area (Å²) in [6.45, 7) is 4.72. The van der Waals surface area contributed by atoms with Crippen LogP contribution in [0.15, 0.2) is 17.1 Å². The van der Waals surface area contributed by atoms with E-state index in [0.717, 1.165) is 18.4 Å². The van der Waals surface area contributed by atoms with Gasteiger partial charge in [0.05, 0.1) is 5.52 Å². The quantitative estimate of drug-likeness (QED) is 0.761. The van der Waals surface area contributed by atoms with Crippen molar-refractivity contribution in [2.24, 2.45) is 7.05 Å². The molecule has 2 aromatic heterocycles. The number of fused-ring (bicyclic) bond motifs is 1. The molecule has 1 saturated carbocycles. The van der Waals surface area contributed by atoms with Crippen LogP contribution in [-0.4, -0.2) is 38.7 Å². The number of aromatic nitrogens is 2. The zero-order valence-corrected chi connectivity index (χ0v) is 17.2. The maximum atomic E-state index is 12.7. The van der Waals surface area contributed by atoms with Crippen molar-refractivity contribution in [1.29, 1.82) is 0 Å². The number of pyridine rings is 2. The number of amides is 1. The largest absolute Gasteiger partial charge is 0.505 e. The highest BCUT2D eigenvalue weighted by Gasteiger charge is 2.25. The number of ether oxygens (including phenoxy) is 1. The van der Waals surface area contributed by atoms with E-state index in [-0.39, 0.29) is 5.52 Å². The molecule has 0 atom stereocenters. The van der Waals surface area contributed by atoms with Gasteiger partial charge >= 0.3 is 5.97 Å². The van der Waals surface area contributed by atoms with Crippen molar-refractivity contribution in [3.63, 3.8) is 0 Å². The zero-order valence-electron chi connectivity index (χ0n) is 17.2. The van der Waals surface area contributed by atoms with E-state index in [1.54, 1.807) is 27.0 Å². The average Bonchev–Trinajstić information content (AvgIpc) is 3.17. The molecule has 0 unspecified atom stereocenters. The van der Waals surface area contributed by atoms with Crippen LogP contribution in [0.25, 0.3) is 11.0 Å². The van der Waals surface area contributed by atoms with Crippen molar-refractivity contribution in [2.75, 3.05) is 6.54 Å². The number of nitrogens with zero attached hydrogens (tertiary/aromatic N) is 2. The van der Waals surface area contributed by atoms with E-state index >= 15 is 0 Å². The maximum absolute atomic E-state index is 12.7. The molecule has 0 aliphatic heterocycles. The first kappa shape index (κ1) is 20.8. The minimum absolute atomic E-state index is 0.177. The molecule has 2 heterocycles. The van der Waals surface area contributed by atoms with Crippen molar-refractivity contribution >= 4 is 22.9 Å². The molecule has 29 heavy (non-hydrogen) atoms. The molecule has 3 rings (SSSR count). The van der Waals surface area contributed by atoms with Gasteiger partial charge in [-0.05, 0) is 51.2 Å². The van der Waals surface area contributed by atoms with E-state index in [1.807, 2.05) is 6.07 Å². The fraction of sp³-hybridized carbons (Fsp3) is 0.524. The molecule has 1 aliphatic rings. The number of aromatic hydroxyl groups is 1. The van der Waals surface area contributed by atoms with E-state index in [0.29, 0.717) is 11.4 Å². The molecule has 1 aliphatic carbocycles. The van der Waals surface area contributed by atoms with Crippen LogP contribution in [0.3, 0.4) is 0 Å². The first-order valence-corrected chi connectivity index (χ1v) is 9.80. The van der Waals surface area contributed by atoms with Crippen LogP contribution < -0.4 is 10.9 Å². The van der Waals surface area contributed by atoms with Crippen molar-refractivity contribution in [2.45, 2.75) is 58.0 Å². The summed E-state index contributed by atoms with van der Waals surface area (Å²) in [6, 6.07) is 1.86. The molecule has 1 fully saturated rings. The monoisotopic (exact) mass is 401 g/mol. The first-order valence-electron chi connectivity index (χ1n) is 9.80. The lowest BCUT2D eigenvalue weighted by Gasteiger charge is -2.19. The summed E-state index contributed by atoms with van der Waals surface area (Å²) in [5, 5.41) is 12.9. The average molecular weight is 401 g/mol. The molecule has 2 N–H and O–H groups in total. The Morgan fingerprint density at radius 2 is 1.97 bits per heavy atom. The second kappa shape index (κ2) is 7.85. The van der Waals surface area contributed by atoms with Crippen molar-refractivity contribution in [1.82, 2.24) is 14.9 Å². The van der Waals surface area contributed by atoms with E-state index in [2.05, 4.69) is 10.3 Å². The van der Waals surface area contributed by atoms with Crippen LogP contribution in [0.4, 0.5) is 0 Å². The van der Waals surface area contributed by atoms with Crippen LogP contribution in [0.1, 0.15) is 68.3 Å². The minimum atomic E-state index is -0.850. The highest BCUT2D eigenvalue weighted by atomic mass is 16.6. The SMILES string of the molecule is Cn1c(=O)c(C(=O)NCC(=O)OC(C)(C)C)c(O)c2ncc(C3CCCC3)cc21. The second-order valence-corrected chi connectivity index (χ2v) is 8.47. The van der Waals surface area contributed by atoms with Crippen LogP contribution >= 0.6 is 0 Å². The molecule has 2 aromatic rings. The molecule has 156 valence electrons. The van der Waals surface area contributed by atoms with E-state index in [1.165, 1.54) is 24.5 Å². The Kier molecular flexibility index (Phi) is 5.64. The van der Waals surface area contributed by atoms with Gasteiger partial charge in [-0.3, -0.25) is 19.4 Å². The summed E-state index contributed by atoms with van der Waals surface area (Å²) in [5.41, 5.74) is -0.0978. The molecule has 8 nitrogen and oxygen atoms in total. The number of esters is 1. The Bertz CT molecular complexity index is 1010. The highest BCUT2D eigenvalue weighted by Crippen LogP contribution is 2.35. The summed E-state index contributed by atoms with van der Waals surface area (Å²) in [7, 11) is 1.54. The third-order valence-corrected chi connectivity index (χ3v) is 5.10. The number of nitrogens with one attached hydrogen (secondary N) is 1. The van der Waals surface area contributed by atoms with Gasteiger partial charge in [0.15, 0.2) is 5.75 Å². The summed E-state index contributed by atoms with van der Waals surface area (Å²) in [4.78, 5) is 41.4. The number of aryl methyl sites for hydroxylation is 1. The molecular formula is C21H27N3O5. The molecule has 0 aromatic carbocycles. The normalized spacial score (nSPS) is 14.9. The van der Waals surface area contributed by atoms with Crippen molar-refractivity contribution in [3.05, 3.63) is 33.7 Å². The lowest BCUT2D eigenvalue weighted by molar-refractivity contribution is -0.153. The highest BCUT2D eigenvalue weighted by molar-refractivity contribution is 6.02. The lowest BCUT2D eigenvalue weighted by Crippen LogP contribution is -2.37. The number of hydrogen-bond acceptors (Lipinski definition) is 6. The number of rotatable bonds is 4. The number of carbonyl (C=O) groups is 2. The Hall–Kier alpha value is -2.90. The Balaban J connectivity index is 1.90. The molecule has 8 heteroatoms. The summed E-state index contributed by atoms with van der Waals surface area (Å²) in [5.74, 6) is -1.57. The van der Waals surface area contributed by atoms with Gasteiger partial charge < -0.3 is 19.7 Å². The Morgan fingerprint density at radius 1 is 1.31 bits per heavy atom. The third kappa shape index (κ3) is 4.41. The summed E-state index contributed by atoms with van der Waals surface area (Å²) < 4.78 is 6.44. The van der Waals surface area contributed by atoms with Gasteiger partial charge in [-0.2, -0.15) is 0 Å². The van der Waals surface area contributed by atoms with Gasteiger partial charge in [0.25, 0.3) is 11.5 Å². The molecule has 0 spiro atoms. The predicted molar refractivity (Wildman–Crippen MR) is 108 cm³/mol. The van der Waals surface area contributed by atoms with Crippen LogP contribution in [-0.2, 0) is 16.6 Å². The predicted octanol–water partition coefficient (Wildman–Crippen LogP) is 2.37. The van der Waals surface area contributed by atoms with Gasteiger partial charge in [0.2, 0.25) is 0 Å². The standard InChI is InChI=1S/C21H27N3O5/c1-21(2,3)29-15(25)11-23-19(27)16-18(26)17-14(24(4)20(16)28)9-13(10-22-17)12-7-5-6-8-12/h9-10,12,26H,5-8,11H2,1-4H3,(H,23,27). The molecule has 1 amide bonds. The van der Waals surface area contributed by atoms with E-state index < -0.39 is 40.9 Å². The third-order valence-electron chi connectivity index (χ3n) is 5.10. The Labute approximate surface area is 168 Å². The van der Waals surface area contributed by atoms with Crippen LogP contribution in [0.5, 0.6) is 5.75 Å². The van der Waals surface area contributed by atoms with E-state index in [9.17, 15) is 19.5 Å². The second-order valence-electron chi connectivity index (χ2n) is 8.47. The molecular weight excluding hydrogens is 374 g/mol. The number of hydrogen-bond donors (Lipinski definition) is 2. The summed E-state index contributed by atoms with van der Waals surface area (Å²) in [6.07, 6.45) is 6.20. The van der Waals surface area contributed by atoms with Crippen LogP contribution in [0, 0.1) is 0 Å². The van der Waals surface area contributed by atoms with Gasteiger partial charge in [-0.1, -0.05) is 12.8 Å². The minimum Gasteiger partial charge on any atom is -0.505 e. The first-order chi connectivity index (χ1) is 13.6. The van der Waals surface area contributed by atoms with E-state index in [4.69, 9.17) is 4.74 Å². The number of carbonyl (C=O) groups excluding carboxylic acids is 2. The van der Waals surface area contributed by atoms with Gasteiger partial charge in [0, 0.05) is 13.2 Å². The van der Waals surface area contributed by atoms with Crippen LogP contribution in [0.2, 0.25) is 0 Å². The molecule has 0 bridgehead atoms. The molecule has 0 radical (unpaired) electrons. The van der Waals surface area contributed by atoms with Gasteiger partial charge in [-0.15, -0.1) is 0 Å². The Morgan fingerprint density at radius 3 is 2.59 bits per heavy atom. The van der Waals surface area contributed by atoms with Crippen molar-refractivity contribution in [3.8, 4) is 5.75 Å². The van der Waals surface area contributed by atoms with Crippen molar-refractivity contribution < 1.29 is 19.4 Å². The zero-order chi connectivity index (χ0) is 21.3.